The highest BCUT2D eigenvalue weighted by atomic mass is 35.5. The zero-order valence-electron chi connectivity index (χ0n) is 24.9. The van der Waals surface area contributed by atoms with Gasteiger partial charge < -0.3 is 20.1 Å². The lowest BCUT2D eigenvalue weighted by Crippen LogP contribution is -2.58. The van der Waals surface area contributed by atoms with E-state index in [1.807, 2.05) is 19.1 Å². The minimum Gasteiger partial charge on any atom is -0.453 e. The molecule has 2 aliphatic heterocycles. The number of hydrogen-bond donors (Lipinski definition) is 2. The maximum Gasteiger partial charge on any atom is 0.407 e. The monoisotopic (exact) mass is 637 g/mol. The molecule has 0 spiro atoms. The van der Waals surface area contributed by atoms with Crippen molar-refractivity contribution in [2.24, 2.45) is 5.92 Å². The highest BCUT2D eigenvalue weighted by molar-refractivity contribution is 7.88. The van der Waals surface area contributed by atoms with Gasteiger partial charge in [0.2, 0.25) is 10.0 Å². The topological polar surface area (TPSA) is 114 Å². The largest absolute Gasteiger partial charge is 0.453 e. The number of benzene rings is 2. The molecular formula is C31H41ClFN3O6S. The fourth-order valence-electron chi connectivity index (χ4n) is 6.54. The van der Waals surface area contributed by atoms with Gasteiger partial charge in [0.15, 0.2) is 5.78 Å². The first-order chi connectivity index (χ1) is 20.5. The van der Waals surface area contributed by atoms with Gasteiger partial charge in [-0.3, -0.25) is 4.79 Å². The Kier molecular flexibility index (Phi) is 11.6. The van der Waals surface area contributed by atoms with Crippen molar-refractivity contribution in [1.82, 2.24) is 14.9 Å². The van der Waals surface area contributed by atoms with Crippen molar-refractivity contribution in [3.8, 4) is 0 Å². The predicted octanol–water partition coefficient (Wildman–Crippen LogP) is 4.08. The summed E-state index contributed by atoms with van der Waals surface area (Å²) in [6, 6.07) is 10.3. The van der Waals surface area contributed by atoms with Crippen LogP contribution in [-0.2, 0) is 37.1 Å². The Labute approximate surface area is 258 Å². The van der Waals surface area contributed by atoms with Crippen LogP contribution in [0.25, 0.3) is 0 Å². The third kappa shape index (κ3) is 8.54. The summed E-state index contributed by atoms with van der Waals surface area (Å²) in [5.74, 6) is -1.09. The van der Waals surface area contributed by atoms with Crippen molar-refractivity contribution in [3.05, 3.63) is 70.0 Å². The van der Waals surface area contributed by atoms with Gasteiger partial charge >= 0.3 is 6.09 Å². The van der Waals surface area contributed by atoms with Crippen molar-refractivity contribution >= 4 is 33.5 Å². The van der Waals surface area contributed by atoms with Gasteiger partial charge in [-0.15, -0.1) is 0 Å². The second-order valence-electron chi connectivity index (χ2n) is 11.5. The van der Waals surface area contributed by atoms with Gasteiger partial charge in [0.1, 0.15) is 5.82 Å². The third-order valence-electron chi connectivity index (χ3n) is 8.50. The molecule has 0 saturated carbocycles. The SMILES string of the molecule is COC(=O)N[C@H](C(=O)Cc1cccc(F)c1CC[C@H]1CNC[C@@H](C)N1S(C)(=O)=O)[C@@H](c1ccc(Cl)cc1)C1CCOCC1. The summed E-state index contributed by atoms with van der Waals surface area (Å²) in [5, 5.41) is 6.60. The average Bonchev–Trinajstić information content (AvgIpc) is 2.97. The van der Waals surface area contributed by atoms with E-state index in [1.165, 1.54) is 23.7 Å². The van der Waals surface area contributed by atoms with Crippen LogP contribution < -0.4 is 10.6 Å². The molecule has 4 rings (SSSR count). The molecule has 0 bridgehead atoms. The Balaban J connectivity index is 1.63. The third-order valence-corrected chi connectivity index (χ3v) is 10.2. The Morgan fingerprint density at radius 1 is 1.16 bits per heavy atom. The van der Waals surface area contributed by atoms with E-state index in [2.05, 4.69) is 10.6 Å². The number of ketones is 1. The minimum absolute atomic E-state index is 0.0378. The molecule has 9 nitrogen and oxygen atoms in total. The molecule has 2 aromatic carbocycles. The van der Waals surface area contributed by atoms with Gasteiger partial charge in [-0.25, -0.2) is 17.6 Å². The summed E-state index contributed by atoms with van der Waals surface area (Å²) in [7, 11) is -2.22. The number of alkyl carbamates (subject to hydrolysis) is 1. The molecule has 12 heteroatoms. The zero-order chi connectivity index (χ0) is 31.1. The number of nitrogens with one attached hydrogen (secondary N) is 2. The van der Waals surface area contributed by atoms with E-state index in [-0.39, 0.29) is 42.5 Å². The second kappa shape index (κ2) is 14.9. The number of hydrogen-bond acceptors (Lipinski definition) is 7. The van der Waals surface area contributed by atoms with E-state index in [0.29, 0.717) is 61.7 Å². The van der Waals surface area contributed by atoms with Gasteiger partial charge in [0.05, 0.1) is 19.4 Å². The van der Waals surface area contributed by atoms with Crippen molar-refractivity contribution in [2.45, 2.75) is 63.1 Å². The van der Waals surface area contributed by atoms with E-state index in [9.17, 15) is 18.0 Å². The Morgan fingerprint density at radius 2 is 1.86 bits per heavy atom. The summed E-state index contributed by atoms with van der Waals surface area (Å²) in [4.78, 5) is 26.7. The van der Waals surface area contributed by atoms with Crippen LogP contribution in [0.5, 0.6) is 0 Å². The summed E-state index contributed by atoms with van der Waals surface area (Å²) < 4.78 is 52.4. The molecule has 0 aliphatic carbocycles. The van der Waals surface area contributed by atoms with Crippen molar-refractivity contribution in [1.29, 1.82) is 0 Å². The summed E-state index contributed by atoms with van der Waals surface area (Å²) in [6.07, 6.45) is 2.38. The smallest absolute Gasteiger partial charge is 0.407 e. The number of Topliss-reactive ketones (excluding diaryl/α,β-unsaturated/α-hetero) is 1. The van der Waals surface area contributed by atoms with E-state index < -0.39 is 28.0 Å². The van der Waals surface area contributed by atoms with E-state index in [0.717, 1.165) is 5.56 Å². The Hall–Kier alpha value is -2.57. The van der Waals surface area contributed by atoms with Gasteiger partial charge in [0.25, 0.3) is 0 Å². The maximum absolute atomic E-state index is 15.3. The molecule has 43 heavy (non-hydrogen) atoms. The maximum atomic E-state index is 15.3. The molecule has 2 saturated heterocycles. The van der Waals surface area contributed by atoms with Crippen LogP contribution >= 0.6 is 11.6 Å². The molecule has 0 unspecified atom stereocenters. The first-order valence-corrected chi connectivity index (χ1v) is 16.9. The molecular weight excluding hydrogens is 597 g/mol. The van der Waals surface area contributed by atoms with Crippen molar-refractivity contribution in [3.63, 3.8) is 0 Å². The number of nitrogens with zero attached hydrogens (tertiary/aromatic N) is 1. The zero-order valence-corrected chi connectivity index (χ0v) is 26.4. The molecule has 2 N–H and O–H groups in total. The van der Waals surface area contributed by atoms with Crippen molar-refractivity contribution < 1.29 is 31.9 Å². The van der Waals surface area contributed by atoms with Gasteiger partial charge in [-0.2, -0.15) is 4.31 Å². The van der Waals surface area contributed by atoms with E-state index >= 15 is 4.39 Å². The molecule has 2 aromatic rings. The lowest BCUT2D eigenvalue weighted by atomic mass is 9.74. The average molecular weight is 638 g/mol. The standard InChI is InChI=1S/C31H41ClFN3O6S/c1-20-18-34-19-25(36(20)43(3,39)40)11-12-26-23(5-4-6-27(26)33)17-28(37)30(35-31(38)41-2)29(22-13-15-42-16-14-22)21-7-9-24(32)10-8-21/h4-10,20,22,25,29-30,34H,11-19H2,1-3H3,(H,35,38)/t20-,25+,29+,30-/m1/s1. The molecule has 2 heterocycles. The molecule has 0 radical (unpaired) electrons. The van der Waals surface area contributed by atoms with Gasteiger partial charge in [-0.1, -0.05) is 35.9 Å². The van der Waals surface area contributed by atoms with Gasteiger partial charge in [-0.05, 0) is 73.4 Å². The molecule has 236 valence electrons. The van der Waals surface area contributed by atoms with Crippen LogP contribution in [-0.4, -0.2) is 82.4 Å². The number of methoxy groups -OCH3 is 1. The van der Waals surface area contributed by atoms with Crippen molar-refractivity contribution in [2.75, 3.05) is 39.7 Å². The summed E-state index contributed by atoms with van der Waals surface area (Å²) >= 11 is 6.17. The highest BCUT2D eigenvalue weighted by Gasteiger charge is 2.38. The van der Waals surface area contributed by atoms with Crippen LogP contribution in [0.3, 0.4) is 0 Å². The van der Waals surface area contributed by atoms with Crippen LogP contribution in [0, 0.1) is 11.7 Å². The number of ether oxygens (including phenoxy) is 2. The number of rotatable bonds is 11. The molecule has 0 aromatic heterocycles. The van der Waals surface area contributed by atoms with E-state index in [4.69, 9.17) is 21.1 Å². The first kappa shape index (κ1) is 33.3. The minimum atomic E-state index is -3.47. The molecule has 2 aliphatic rings. The van der Waals surface area contributed by atoms with Crippen LogP contribution in [0.2, 0.25) is 5.02 Å². The first-order valence-electron chi connectivity index (χ1n) is 14.7. The fraction of sp³-hybridized carbons (Fsp3) is 0.548. The molecule has 4 atom stereocenters. The second-order valence-corrected chi connectivity index (χ2v) is 13.8. The number of carbonyl (C=O) groups excluding carboxylic acids is 2. The molecule has 1 amide bonds. The van der Waals surface area contributed by atoms with Crippen LogP contribution in [0.4, 0.5) is 9.18 Å². The normalized spacial score (nSPS) is 21.6. The quantitative estimate of drug-likeness (QED) is 0.382. The number of sulfonamides is 1. The van der Waals surface area contributed by atoms with Gasteiger partial charge in [0, 0.05) is 55.7 Å². The summed E-state index contributed by atoms with van der Waals surface area (Å²) in [6.45, 7) is 3.93. The fourth-order valence-corrected chi connectivity index (χ4v) is 8.11. The van der Waals surface area contributed by atoms with Crippen LogP contribution in [0.1, 0.15) is 48.8 Å². The number of carbonyl (C=O) groups is 2. The highest BCUT2D eigenvalue weighted by Crippen LogP contribution is 2.36. The predicted molar refractivity (Wildman–Crippen MR) is 163 cm³/mol. The lowest BCUT2D eigenvalue weighted by Gasteiger charge is -2.39. The number of amides is 1. The Morgan fingerprint density at radius 3 is 2.51 bits per heavy atom. The Bertz CT molecular complexity index is 1370. The lowest BCUT2D eigenvalue weighted by molar-refractivity contribution is -0.121. The molecule has 2 fully saturated rings. The van der Waals surface area contributed by atoms with E-state index in [1.54, 1.807) is 24.3 Å². The van der Waals surface area contributed by atoms with Crippen LogP contribution in [0.15, 0.2) is 42.5 Å². The number of halogens is 2. The summed E-state index contributed by atoms with van der Waals surface area (Å²) in [5.41, 5.74) is 1.73. The number of piperazine rings is 1.